The van der Waals surface area contributed by atoms with E-state index >= 15 is 0 Å². The highest BCUT2D eigenvalue weighted by molar-refractivity contribution is 5.20. The van der Waals surface area contributed by atoms with E-state index < -0.39 is 0 Å². The van der Waals surface area contributed by atoms with Crippen LogP contribution in [0.1, 0.15) is 51.3 Å². The number of aromatic nitrogens is 1. The summed E-state index contributed by atoms with van der Waals surface area (Å²) in [4.78, 5) is 0. The standard InChI is InChI=1S/C15H28N2/c1-5-9-16-11-15-8-10-17(13(15)4)12-14(6-2)7-3/h8,10,14,16H,5-7,9,11-12H2,1-4H3. The Morgan fingerprint density at radius 3 is 2.53 bits per heavy atom. The Balaban J connectivity index is 2.57. The van der Waals surface area contributed by atoms with E-state index in [1.165, 1.54) is 37.1 Å². The third kappa shape index (κ3) is 4.19. The first-order valence-electron chi connectivity index (χ1n) is 7.08. The molecule has 17 heavy (non-hydrogen) atoms. The number of rotatable bonds is 8. The molecule has 1 N–H and O–H groups in total. The van der Waals surface area contributed by atoms with Gasteiger partial charge in [0.25, 0.3) is 0 Å². The van der Waals surface area contributed by atoms with Gasteiger partial charge in [-0.2, -0.15) is 0 Å². The van der Waals surface area contributed by atoms with Gasteiger partial charge >= 0.3 is 0 Å². The van der Waals surface area contributed by atoms with E-state index in [4.69, 9.17) is 0 Å². The normalized spacial score (nSPS) is 11.4. The van der Waals surface area contributed by atoms with Crippen LogP contribution in [0.15, 0.2) is 12.3 Å². The average Bonchev–Trinajstić information content (AvgIpc) is 2.68. The zero-order valence-electron chi connectivity index (χ0n) is 11.9. The Bertz CT molecular complexity index is 311. The first kappa shape index (κ1) is 14.3. The molecule has 0 aromatic carbocycles. The molecule has 2 nitrogen and oxygen atoms in total. The molecule has 0 spiro atoms. The van der Waals surface area contributed by atoms with Gasteiger partial charge in [-0.15, -0.1) is 0 Å². The fourth-order valence-electron chi connectivity index (χ4n) is 2.21. The molecule has 2 heteroatoms. The minimum Gasteiger partial charge on any atom is -0.351 e. The first-order chi connectivity index (χ1) is 8.22. The fraction of sp³-hybridized carbons (Fsp3) is 0.733. The van der Waals surface area contributed by atoms with Gasteiger partial charge < -0.3 is 9.88 Å². The van der Waals surface area contributed by atoms with Crippen molar-refractivity contribution in [2.45, 2.75) is 60.0 Å². The molecule has 0 atom stereocenters. The highest BCUT2D eigenvalue weighted by Gasteiger charge is 2.08. The van der Waals surface area contributed by atoms with Crippen LogP contribution in [-0.4, -0.2) is 11.1 Å². The molecule has 1 aromatic rings. The van der Waals surface area contributed by atoms with Crippen LogP contribution in [-0.2, 0) is 13.1 Å². The zero-order chi connectivity index (χ0) is 12.7. The van der Waals surface area contributed by atoms with Crippen molar-refractivity contribution in [1.82, 2.24) is 9.88 Å². The van der Waals surface area contributed by atoms with Crippen LogP contribution in [0.3, 0.4) is 0 Å². The Kier molecular flexibility index (Phi) is 6.35. The Morgan fingerprint density at radius 1 is 1.24 bits per heavy atom. The summed E-state index contributed by atoms with van der Waals surface area (Å²) in [5, 5.41) is 3.47. The minimum absolute atomic E-state index is 0.817. The summed E-state index contributed by atoms with van der Waals surface area (Å²) in [5.74, 6) is 0.817. The van der Waals surface area contributed by atoms with E-state index in [2.05, 4.69) is 49.8 Å². The van der Waals surface area contributed by atoms with Gasteiger partial charge in [-0.3, -0.25) is 0 Å². The van der Waals surface area contributed by atoms with Crippen LogP contribution in [0.25, 0.3) is 0 Å². The molecule has 0 fully saturated rings. The summed E-state index contributed by atoms with van der Waals surface area (Å²) in [6.45, 7) is 12.3. The van der Waals surface area contributed by atoms with Crippen molar-refractivity contribution in [3.8, 4) is 0 Å². The molecule has 98 valence electrons. The smallest absolute Gasteiger partial charge is 0.0250 e. The monoisotopic (exact) mass is 236 g/mol. The molecule has 0 amide bonds. The van der Waals surface area contributed by atoms with Crippen molar-refractivity contribution in [2.24, 2.45) is 5.92 Å². The Labute approximate surface area is 106 Å². The van der Waals surface area contributed by atoms with Gasteiger partial charge in [-0.1, -0.05) is 33.6 Å². The number of hydrogen-bond donors (Lipinski definition) is 1. The molecular weight excluding hydrogens is 208 g/mol. The van der Waals surface area contributed by atoms with Crippen molar-refractivity contribution in [3.63, 3.8) is 0 Å². The van der Waals surface area contributed by atoms with Crippen molar-refractivity contribution in [1.29, 1.82) is 0 Å². The van der Waals surface area contributed by atoms with Gasteiger partial charge in [0.05, 0.1) is 0 Å². The number of hydrogen-bond acceptors (Lipinski definition) is 1. The second-order valence-electron chi connectivity index (χ2n) is 4.94. The molecule has 0 bridgehead atoms. The molecule has 0 aliphatic carbocycles. The number of nitrogens with zero attached hydrogens (tertiary/aromatic N) is 1. The van der Waals surface area contributed by atoms with Crippen LogP contribution in [0, 0.1) is 12.8 Å². The Hall–Kier alpha value is -0.760. The van der Waals surface area contributed by atoms with Crippen LogP contribution in [0.2, 0.25) is 0 Å². The maximum atomic E-state index is 3.47. The van der Waals surface area contributed by atoms with E-state index in [-0.39, 0.29) is 0 Å². The van der Waals surface area contributed by atoms with E-state index in [9.17, 15) is 0 Å². The van der Waals surface area contributed by atoms with E-state index in [0.29, 0.717) is 0 Å². The molecule has 0 aliphatic heterocycles. The summed E-state index contributed by atoms with van der Waals surface area (Å²) < 4.78 is 2.42. The summed E-state index contributed by atoms with van der Waals surface area (Å²) in [6.07, 6.45) is 6.00. The molecule has 0 saturated carbocycles. The molecule has 0 unspecified atom stereocenters. The molecule has 1 heterocycles. The topological polar surface area (TPSA) is 17.0 Å². The van der Waals surface area contributed by atoms with Crippen molar-refractivity contribution >= 4 is 0 Å². The second-order valence-corrected chi connectivity index (χ2v) is 4.94. The van der Waals surface area contributed by atoms with E-state index in [1.807, 2.05) is 0 Å². The molecule has 0 aliphatic rings. The predicted octanol–water partition coefficient (Wildman–Crippen LogP) is 3.73. The quantitative estimate of drug-likeness (QED) is 0.681. The third-order valence-corrected chi connectivity index (χ3v) is 3.70. The van der Waals surface area contributed by atoms with Gasteiger partial charge in [0, 0.05) is 25.0 Å². The Morgan fingerprint density at radius 2 is 1.94 bits per heavy atom. The van der Waals surface area contributed by atoms with E-state index in [1.54, 1.807) is 0 Å². The molecule has 0 saturated heterocycles. The van der Waals surface area contributed by atoms with Crippen molar-refractivity contribution < 1.29 is 0 Å². The van der Waals surface area contributed by atoms with Gasteiger partial charge in [0.15, 0.2) is 0 Å². The molecule has 0 radical (unpaired) electrons. The van der Waals surface area contributed by atoms with Crippen LogP contribution >= 0.6 is 0 Å². The molecule has 1 rings (SSSR count). The van der Waals surface area contributed by atoms with Crippen LogP contribution < -0.4 is 5.32 Å². The van der Waals surface area contributed by atoms with Crippen molar-refractivity contribution in [2.75, 3.05) is 6.54 Å². The minimum atomic E-state index is 0.817. The highest BCUT2D eigenvalue weighted by Crippen LogP contribution is 2.16. The van der Waals surface area contributed by atoms with Gasteiger partial charge in [0.1, 0.15) is 0 Å². The predicted molar refractivity (Wildman–Crippen MR) is 75.2 cm³/mol. The van der Waals surface area contributed by atoms with E-state index in [0.717, 1.165) is 19.0 Å². The van der Waals surface area contributed by atoms with Gasteiger partial charge in [-0.25, -0.2) is 0 Å². The molecular formula is C15H28N2. The summed E-state index contributed by atoms with van der Waals surface area (Å²) in [7, 11) is 0. The van der Waals surface area contributed by atoms with Crippen LogP contribution in [0.5, 0.6) is 0 Å². The maximum absolute atomic E-state index is 3.47. The maximum Gasteiger partial charge on any atom is 0.0250 e. The lowest BCUT2D eigenvalue weighted by molar-refractivity contribution is 0.415. The average molecular weight is 236 g/mol. The lowest BCUT2D eigenvalue weighted by atomic mass is 10.0. The lowest BCUT2D eigenvalue weighted by Crippen LogP contribution is -2.15. The number of nitrogens with one attached hydrogen (secondary N) is 1. The highest BCUT2D eigenvalue weighted by atomic mass is 15.0. The SMILES string of the molecule is CCCNCc1ccn(CC(CC)CC)c1C. The summed E-state index contributed by atoms with van der Waals surface area (Å²) >= 11 is 0. The summed E-state index contributed by atoms with van der Waals surface area (Å²) in [6, 6.07) is 2.26. The largest absolute Gasteiger partial charge is 0.351 e. The second kappa shape index (κ2) is 7.54. The zero-order valence-corrected chi connectivity index (χ0v) is 11.9. The van der Waals surface area contributed by atoms with Gasteiger partial charge in [0.2, 0.25) is 0 Å². The molecule has 1 aromatic heterocycles. The fourth-order valence-corrected chi connectivity index (χ4v) is 2.21. The van der Waals surface area contributed by atoms with Crippen molar-refractivity contribution in [3.05, 3.63) is 23.5 Å². The lowest BCUT2D eigenvalue weighted by Gasteiger charge is -2.15. The summed E-state index contributed by atoms with van der Waals surface area (Å²) in [5.41, 5.74) is 2.88. The van der Waals surface area contributed by atoms with Gasteiger partial charge in [-0.05, 0) is 37.4 Å². The third-order valence-electron chi connectivity index (χ3n) is 3.70. The first-order valence-corrected chi connectivity index (χ1v) is 7.08. The van der Waals surface area contributed by atoms with Crippen LogP contribution in [0.4, 0.5) is 0 Å².